The third-order valence-electron chi connectivity index (χ3n) is 3.51. The van der Waals surface area contributed by atoms with Gasteiger partial charge in [-0.15, -0.1) is 0 Å². The van der Waals surface area contributed by atoms with Crippen molar-refractivity contribution in [2.45, 2.75) is 52.0 Å². The second kappa shape index (κ2) is 8.24. The molecule has 1 heterocycles. The SMILES string of the molecule is CCCCC(CC)CC(NC)c1ccccn1. The molecule has 2 heteroatoms. The maximum absolute atomic E-state index is 4.46. The molecule has 2 atom stereocenters. The minimum absolute atomic E-state index is 0.401. The molecule has 0 saturated carbocycles. The number of hydrogen-bond donors (Lipinski definition) is 1. The quantitative estimate of drug-likeness (QED) is 0.736. The normalized spacial score (nSPS) is 14.5. The zero-order chi connectivity index (χ0) is 12.5. The van der Waals surface area contributed by atoms with Gasteiger partial charge in [-0.2, -0.15) is 0 Å². The average Bonchev–Trinajstić information content (AvgIpc) is 2.40. The molecule has 1 N–H and O–H groups in total. The number of pyridine rings is 1. The first-order valence-corrected chi connectivity index (χ1v) is 6.90. The number of nitrogens with zero attached hydrogens (tertiary/aromatic N) is 1. The lowest BCUT2D eigenvalue weighted by Crippen LogP contribution is -2.20. The Hall–Kier alpha value is -0.890. The van der Waals surface area contributed by atoms with Gasteiger partial charge in [0.05, 0.1) is 5.69 Å². The molecule has 1 aromatic heterocycles. The summed E-state index contributed by atoms with van der Waals surface area (Å²) in [6, 6.07) is 6.57. The summed E-state index contributed by atoms with van der Waals surface area (Å²) in [6.07, 6.45) is 8.33. The van der Waals surface area contributed by atoms with Crippen LogP contribution in [-0.4, -0.2) is 12.0 Å². The van der Waals surface area contributed by atoms with Crippen LogP contribution < -0.4 is 5.32 Å². The van der Waals surface area contributed by atoms with Crippen molar-refractivity contribution in [3.05, 3.63) is 30.1 Å². The van der Waals surface area contributed by atoms with Crippen molar-refractivity contribution < 1.29 is 0 Å². The topological polar surface area (TPSA) is 24.9 Å². The lowest BCUT2D eigenvalue weighted by Gasteiger charge is -2.22. The molecular weight excluding hydrogens is 208 g/mol. The van der Waals surface area contributed by atoms with Gasteiger partial charge in [-0.05, 0) is 31.5 Å². The van der Waals surface area contributed by atoms with Crippen LogP contribution in [0.2, 0.25) is 0 Å². The van der Waals surface area contributed by atoms with E-state index in [1.54, 1.807) is 0 Å². The summed E-state index contributed by atoms with van der Waals surface area (Å²) in [6.45, 7) is 4.56. The second-order valence-electron chi connectivity index (χ2n) is 4.75. The summed E-state index contributed by atoms with van der Waals surface area (Å²) in [5.74, 6) is 0.814. The molecule has 0 spiro atoms. The Balaban J connectivity index is 2.56. The fourth-order valence-corrected chi connectivity index (χ4v) is 2.28. The van der Waals surface area contributed by atoms with Crippen LogP contribution in [0.4, 0.5) is 0 Å². The van der Waals surface area contributed by atoms with Gasteiger partial charge in [0.15, 0.2) is 0 Å². The fourth-order valence-electron chi connectivity index (χ4n) is 2.28. The van der Waals surface area contributed by atoms with Crippen molar-refractivity contribution in [3.63, 3.8) is 0 Å². The van der Waals surface area contributed by atoms with E-state index >= 15 is 0 Å². The van der Waals surface area contributed by atoms with Crippen LogP contribution in [-0.2, 0) is 0 Å². The van der Waals surface area contributed by atoms with E-state index in [0.717, 1.165) is 5.92 Å². The van der Waals surface area contributed by atoms with Crippen molar-refractivity contribution in [2.75, 3.05) is 7.05 Å². The minimum Gasteiger partial charge on any atom is -0.312 e. The number of rotatable bonds is 8. The third-order valence-corrected chi connectivity index (χ3v) is 3.51. The number of hydrogen-bond acceptors (Lipinski definition) is 2. The maximum atomic E-state index is 4.46. The van der Waals surface area contributed by atoms with E-state index in [2.05, 4.69) is 36.3 Å². The van der Waals surface area contributed by atoms with E-state index in [4.69, 9.17) is 0 Å². The lowest BCUT2D eigenvalue weighted by atomic mass is 9.91. The van der Waals surface area contributed by atoms with E-state index < -0.39 is 0 Å². The molecule has 2 nitrogen and oxygen atoms in total. The van der Waals surface area contributed by atoms with E-state index in [-0.39, 0.29) is 0 Å². The van der Waals surface area contributed by atoms with Gasteiger partial charge >= 0.3 is 0 Å². The Morgan fingerprint density at radius 1 is 1.29 bits per heavy atom. The molecule has 96 valence electrons. The Kier molecular flexibility index (Phi) is 6.87. The first-order valence-electron chi connectivity index (χ1n) is 6.90. The van der Waals surface area contributed by atoms with Crippen molar-refractivity contribution in [1.29, 1.82) is 0 Å². The molecule has 0 amide bonds. The molecule has 0 fully saturated rings. The number of unbranched alkanes of at least 4 members (excludes halogenated alkanes) is 1. The summed E-state index contributed by atoms with van der Waals surface area (Å²) < 4.78 is 0. The number of aromatic nitrogens is 1. The lowest BCUT2D eigenvalue weighted by molar-refractivity contribution is 0.361. The summed E-state index contributed by atoms with van der Waals surface area (Å²) in [7, 11) is 2.03. The Morgan fingerprint density at radius 2 is 2.12 bits per heavy atom. The Labute approximate surface area is 106 Å². The van der Waals surface area contributed by atoms with Crippen LogP contribution in [0.1, 0.15) is 57.7 Å². The molecule has 0 aliphatic rings. The van der Waals surface area contributed by atoms with E-state index in [1.165, 1.54) is 37.8 Å². The molecule has 1 rings (SSSR count). The monoisotopic (exact) mass is 234 g/mol. The molecule has 0 aliphatic carbocycles. The highest BCUT2D eigenvalue weighted by atomic mass is 14.9. The third kappa shape index (κ3) is 4.86. The Bertz CT molecular complexity index is 284. The fraction of sp³-hybridized carbons (Fsp3) is 0.667. The minimum atomic E-state index is 0.401. The maximum Gasteiger partial charge on any atom is 0.0573 e. The van der Waals surface area contributed by atoms with Crippen LogP contribution >= 0.6 is 0 Å². The molecule has 0 radical (unpaired) electrons. The summed E-state index contributed by atoms with van der Waals surface area (Å²) in [5, 5.41) is 3.40. The van der Waals surface area contributed by atoms with Gasteiger partial charge in [0.1, 0.15) is 0 Å². The van der Waals surface area contributed by atoms with Gasteiger partial charge in [0.2, 0.25) is 0 Å². The Morgan fingerprint density at radius 3 is 2.65 bits per heavy atom. The van der Waals surface area contributed by atoms with E-state index in [1.807, 2.05) is 19.3 Å². The summed E-state index contributed by atoms with van der Waals surface area (Å²) >= 11 is 0. The molecule has 0 aromatic carbocycles. The summed E-state index contributed by atoms with van der Waals surface area (Å²) in [4.78, 5) is 4.46. The van der Waals surface area contributed by atoms with Crippen molar-refractivity contribution in [2.24, 2.45) is 5.92 Å². The highest BCUT2D eigenvalue weighted by Gasteiger charge is 2.15. The standard InChI is InChI=1S/C15H26N2/c1-4-6-9-13(5-2)12-15(16-3)14-10-7-8-11-17-14/h7-8,10-11,13,15-16H,4-6,9,12H2,1-3H3. The largest absolute Gasteiger partial charge is 0.312 e. The van der Waals surface area contributed by atoms with Crippen molar-refractivity contribution in [3.8, 4) is 0 Å². The molecule has 1 aromatic rings. The molecule has 0 saturated heterocycles. The van der Waals surface area contributed by atoms with Gasteiger partial charge in [-0.25, -0.2) is 0 Å². The molecular formula is C15H26N2. The van der Waals surface area contributed by atoms with E-state index in [9.17, 15) is 0 Å². The smallest absolute Gasteiger partial charge is 0.0573 e. The summed E-state index contributed by atoms with van der Waals surface area (Å²) in [5.41, 5.74) is 1.17. The molecule has 0 aliphatic heterocycles. The first kappa shape index (κ1) is 14.2. The predicted molar refractivity (Wildman–Crippen MR) is 74.0 cm³/mol. The molecule has 17 heavy (non-hydrogen) atoms. The zero-order valence-corrected chi connectivity index (χ0v) is 11.4. The van der Waals surface area contributed by atoms with Gasteiger partial charge < -0.3 is 5.32 Å². The van der Waals surface area contributed by atoms with Gasteiger partial charge in [-0.3, -0.25) is 4.98 Å². The highest BCUT2D eigenvalue weighted by molar-refractivity contribution is 5.08. The zero-order valence-electron chi connectivity index (χ0n) is 11.4. The molecule has 2 unspecified atom stereocenters. The van der Waals surface area contributed by atoms with Crippen LogP contribution in [0, 0.1) is 5.92 Å². The van der Waals surface area contributed by atoms with Gasteiger partial charge in [0, 0.05) is 12.2 Å². The van der Waals surface area contributed by atoms with Crippen LogP contribution in [0.5, 0.6) is 0 Å². The van der Waals surface area contributed by atoms with E-state index in [0.29, 0.717) is 6.04 Å². The second-order valence-corrected chi connectivity index (χ2v) is 4.75. The van der Waals surface area contributed by atoms with Gasteiger partial charge in [-0.1, -0.05) is 45.6 Å². The molecule has 0 bridgehead atoms. The van der Waals surface area contributed by atoms with Crippen molar-refractivity contribution >= 4 is 0 Å². The number of nitrogens with one attached hydrogen (secondary N) is 1. The highest BCUT2D eigenvalue weighted by Crippen LogP contribution is 2.25. The van der Waals surface area contributed by atoms with Gasteiger partial charge in [0.25, 0.3) is 0 Å². The average molecular weight is 234 g/mol. The first-order chi connectivity index (χ1) is 8.31. The van der Waals surface area contributed by atoms with Crippen molar-refractivity contribution in [1.82, 2.24) is 10.3 Å². The van der Waals surface area contributed by atoms with Crippen LogP contribution in [0.25, 0.3) is 0 Å². The van der Waals surface area contributed by atoms with Crippen LogP contribution in [0.15, 0.2) is 24.4 Å². The predicted octanol–water partition coefficient (Wildman–Crippen LogP) is 3.95. The van der Waals surface area contributed by atoms with Crippen LogP contribution in [0.3, 0.4) is 0 Å².